The van der Waals surface area contributed by atoms with E-state index in [1.807, 2.05) is 5.38 Å². The molecule has 2 aromatic rings. The highest BCUT2D eigenvalue weighted by molar-refractivity contribution is 7.07. The molecule has 0 saturated heterocycles. The van der Waals surface area contributed by atoms with Crippen molar-refractivity contribution < 1.29 is 9.53 Å². The molecule has 0 N–H and O–H groups in total. The zero-order valence-electron chi connectivity index (χ0n) is 13.2. The summed E-state index contributed by atoms with van der Waals surface area (Å²) in [5, 5.41) is 2.54. The minimum Gasteiger partial charge on any atom is -0.496 e. The Morgan fingerprint density at radius 1 is 1.48 bits per heavy atom. The highest BCUT2D eigenvalue weighted by Crippen LogP contribution is 2.28. The molecule has 0 aliphatic heterocycles. The van der Waals surface area contributed by atoms with Gasteiger partial charge in [-0.1, -0.05) is 18.0 Å². The van der Waals surface area contributed by atoms with E-state index in [9.17, 15) is 4.79 Å². The number of methoxy groups -OCH3 is 1. The van der Waals surface area contributed by atoms with E-state index in [2.05, 4.69) is 16.5 Å². The van der Waals surface area contributed by atoms with Gasteiger partial charge in [-0.05, 0) is 43.9 Å². The molecule has 0 bridgehead atoms. The van der Waals surface area contributed by atoms with Gasteiger partial charge in [0.25, 0.3) is 5.91 Å². The number of aryl methyl sites for hydroxylation is 1. The predicted molar refractivity (Wildman–Crippen MR) is 92.3 cm³/mol. The second kappa shape index (κ2) is 6.89. The number of carbonyl (C=O) groups excluding carboxylic acids is 1. The quantitative estimate of drug-likeness (QED) is 0.834. The molecule has 122 valence electrons. The summed E-state index contributed by atoms with van der Waals surface area (Å²) in [6, 6.07) is 4.99. The zero-order valence-corrected chi connectivity index (χ0v) is 14.8. The first-order valence-electron chi connectivity index (χ1n) is 7.66. The van der Waals surface area contributed by atoms with E-state index < -0.39 is 0 Å². The molecule has 0 spiro atoms. The fourth-order valence-electron chi connectivity index (χ4n) is 2.65. The van der Waals surface area contributed by atoms with Crippen LogP contribution >= 0.6 is 22.9 Å². The maximum Gasteiger partial charge on any atom is 0.283 e. The molecule has 3 rings (SSSR count). The number of rotatable bonds is 4. The highest BCUT2D eigenvalue weighted by Gasteiger charge is 2.19. The molecule has 1 aliphatic rings. The summed E-state index contributed by atoms with van der Waals surface area (Å²) in [7, 11) is 1.53. The van der Waals surface area contributed by atoms with Crippen LogP contribution in [-0.4, -0.2) is 17.6 Å². The molecule has 0 radical (unpaired) electrons. The number of aromatic nitrogens is 1. The minimum atomic E-state index is -0.325. The topological polar surface area (TPSA) is 43.6 Å². The first-order valence-corrected chi connectivity index (χ1v) is 8.92. The summed E-state index contributed by atoms with van der Waals surface area (Å²) in [5.74, 6) is 0.869. The lowest BCUT2D eigenvalue weighted by atomic mass is 9.85. The Kier molecular flexibility index (Phi) is 4.87. The number of hydrogen-bond donors (Lipinski definition) is 0. The van der Waals surface area contributed by atoms with Gasteiger partial charge in [-0.25, -0.2) is 0 Å². The van der Waals surface area contributed by atoms with Crippen molar-refractivity contribution in [1.29, 1.82) is 0 Å². The number of halogens is 1. The second-order valence-electron chi connectivity index (χ2n) is 5.83. The Hall–Kier alpha value is -1.59. The lowest BCUT2D eigenvalue weighted by Gasteiger charge is -2.26. The summed E-state index contributed by atoms with van der Waals surface area (Å²) in [6.07, 6.45) is 3.83. The first-order chi connectivity index (χ1) is 11.1. The lowest BCUT2D eigenvalue weighted by Crippen LogP contribution is -2.26. The first kappa shape index (κ1) is 16.3. The molecule has 0 atom stereocenters. The molecule has 4 nitrogen and oxygen atoms in total. The molecule has 1 aromatic carbocycles. The Morgan fingerprint density at radius 2 is 2.26 bits per heavy atom. The van der Waals surface area contributed by atoms with Gasteiger partial charge in [0, 0.05) is 22.6 Å². The molecule has 1 amide bonds. The predicted octanol–water partition coefficient (Wildman–Crippen LogP) is 4.06. The molecule has 1 aromatic heterocycles. The van der Waals surface area contributed by atoms with E-state index in [0.29, 0.717) is 22.3 Å². The molecular weight excluding hydrogens is 332 g/mol. The number of hydrogen-bond acceptors (Lipinski definition) is 3. The van der Waals surface area contributed by atoms with Crippen LogP contribution in [-0.2, 0) is 6.54 Å². The number of amides is 1. The summed E-state index contributed by atoms with van der Waals surface area (Å²) in [6.45, 7) is 2.99. The normalized spacial score (nSPS) is 15.5. The van der Waals surface area contributed by atoms with Crippen molar-refractivity contribution in [2.45, 2.75) is 32.7 Å². The van der Waals surface area contributed by atoms with Crippen LogP contribution in [0.5, 0.6) is 5.75 Å². The monoisotopic (exact) mass is 350 g/mol. The van der Waals surface area contributed by atoms with Crippen LogP contribution in [0.2, 0.25) is 5.02 Å². The lowest BCUT2D eigenvalue weighted by molar-refractivity contribution is 0.0994. The van der Waals surface area contributed by atoms with Gasteiger partial charge in [0.2, 0.25) is 0 Å². The maximum absolute atomic E-state index is 12.6. The number of nitrogens with zero attached hydrogens (tertiary/aromatic N) is 2. The SMILES string of the molecule is COc1ccc(Cl)cc1C(=O)/N=c1\scc(C)n1CC1CCC1. The Bertz CT molecular complexity index is 790. The fourth-order valence-corrected chi connectivity index (χ4v) is 3.71. The van der Waals surface area contributed by atoms with Crippen molar-refractivity contribution in [3.8, 4) is 5.75 Å². The van der Waals surface area contributed by atoms with Gasteiger partial charge < -0.3 is 9.30 Å². The molecule has 1 saturated carbocycles. The minimum absolute atomic E-state index is 0.325. The number of carbonyl (C=O) groups is 1. The summed E-state index contributed by atoms with van der Waals surface area (Å²) >= 11 is 7.49. The Labute approximate surface area is 144 Å². The smallest absolute Gasteiger partial charge is 0.283 e. The summed E-state index contributed by atoms with van der Waals surface area (Å²) in [5.41, 5.74) is 1.53. The van der Waals surface area contributed by atoms with E-state index in [4.69, 9.17) is 16.3 Å². The third-order valence-corrected chi connectivity index (χ3v) is 5.46. The summed E-state index contributed by atoms with van der Waals surface area (Å²) < 4.78 is 7.39. The number of ether oxygens (including phenoxy) is 1. The molecule has 0 unspecified atom stereocenters. The van der Waals surface area contributed by atoms with Gasteiger partial charge in [0.05, 0.1) is 12.7 Å². The van der Waals surface area contributed by atoms with E-state index in [1.54, 1.807) is 18.2 Å². The number of benzene rings is 1. The Balaban J connectivity index is 1.95. The van der Waals surface area contributed by atoms with Crippen LogP contribution in [0.4, 0.5) is 0 Å². The second-order valence-corrected chi connectivity index (χ2v) is 7.10. The average molecular weight is 351 g/mol. The van der Waals surface area contributed by atoms with Gasteiger partial charge in [0.15, 0.2) is 4.80 Å². The molecular formula is C17H19ClN2O2S. The van der Waals surface area contributed by atoms with Crippen molar-refractivity contribution in [3.05, 3.63) is 44.7 Å². The van der Waals surface area contributed by atoms with Gasteiger partial charge in [0.1, 0.15) is 5.75 Å². The third-order valence-electron chi connectivity index (χ3n) is 4.25. The van der Waals surface area contributed by atoms with Crippen LogP contribution in [0, 0.1) is 12.8 Å². The van der Waals surface area contributed by atoms with Crippen LogP contribution in [0.25, 0.3) is 0 Å². The molecule has 23 heavy (non-hydrogen) atoms. The largest absolute Gasteiger partial charge is 0.496 e. The van der Waals surface area contributed by atoms with Gasteiger partial charge in [-0.15, -0.1) is 11.3 Å². The van der Waals surface area contributed by atoms with Gasteiger partial charge in [-0.2, -0.15) is 4.99 Å². The fraction of sp³-hybridized carbons (Fsp3) is 0.412. The zero-order chi connectivity index (χ0) is 16.4. The van der Waals surface area contributed by atoms with E-state index in [-0.39, 0.29) is 5.91 Å². The molecule has 1 fully saturated rings. The van der Waals surface area contributed by atoms with E-state index >= 15 is 0 Å². The third kappa shape index (κ3) is 3.51. The standard InChI is InChI=1S/C17H19ClN2O2S/c1-11-10-23-17(20(11)9-12-4-3-5-12)19-16(21)14-8-13(18)6-7-15(14)22-2/h6-8,10,12H,3-5,9H2,1-2H3/b19-17-. The van der Waals surface area contributed by atoms with Crippen LogP contribution < -0.4 is 9.54 Å². The average Bonchev–Trinajstić information content (AvgIpc) is 2.83. The van der Waals surface area contributed by atoms with Crippen molar-refractivity contribution in [2.24, 2.45) is 10.9 Å². The maximum atomic E-state index is 12.6. The Morgan fingerprint density at radius 3 is 2.91 bits per heavy atom. The molecule has 1 heterocycles. The molecule has 6 heteroatoms. The summed E-state index contributed by atoms with van der Waals surface area (Å²) in [4.78, 5) is 17.6. The number of thiazole rings is 1. The van der Waals surface area contributed by atoms with Crippen LogP contribution in [0.1, 0.15) is 35.3 Å². The van der Waals surface area contributed by atoms with E-state index in [1.165, 1.54) is 37.7 Å². The van der Waals surface area contributed by atoms with Crippen molar-refractivity contribution in [1.82, 2.24) is 4.57 Å². The van der Waals surface area contributed by atoms with Crippen molar-refractivity contribution in [2.75, 3.05) is 7.11 Å². The van der Waals surface area contributed by atoms with Crippen molar-refractivity contribution >= 4 is 28.8 Å². The van der Waals surface area contributed by atoms with Crippen molar-refractivity contribution in [3.63, 3.8) is 0 Å². The highest BCUT2D eigenvalue weighted by atomic mass is 35.5. The van der Waals surface area contributed by atoms with E-state index in [0.717, 1.165) is 17.0 Å². The van der Waals surface area contributed by atoms with Gasteiger partial charge >= 0.3 is 0 Å². The van der Waals surface area contributed by atoms with Gasteiger partial charge in [-0.3, -0.25) is 4.79 Å². The molecule has 1 aliphatic carbocycles. The van der Waals surface area contributed by atoms with Crippen LogP contribution in [0.15, 0.2) is 28.6 Å². The van der Waals surface area contributed by atoms with Crippen LogP contribution in [0.3, 0.4) is 0 Å².